The molecule has 2 saturated heterocycles. The number of nitrogens with one attached hydrogen (secondary N) is 2. The molecule has 0 aromatic heterocycles. The summed E-state index contributed by atoms with van der Waals surface area (Å²) in [6.07, 6.45) is 4.69. The zero-order chi connectivity index (χ0) is 18.6. The van der Waals surface area contributed by atoms with Crippen molar-refractivity contribution in [1.82, 2.24) is 15.5 Å². The third kappa shape index (κ3) is 3.66. The van der Waals surface area contributed by atoms with Gasteiger partial charge in [-0.2, -0.15) is 0 Å². The minimum Gasteiger partial charge on any atom is -0.316 e. The molecule has 0 aromatic carbocycles. The molecule has 2 rings (SSSR count). The van der Waals surface area contributed by atoms with Crippen molar-refractivity contribution in [1.29, 1.82) is 0 Å². The topological polar surface area (TPSA) is 95.6 Å². The molecule has 0 spiro atoms. The van der Waals surface area contributed by atoms with E-state index in [9.17, 15) is 19.2 Å². The molecule has 2 N–H and O–H groups in total. The SMILES string of the molecule is CC/C=C(\CC)C1(C)C(=O)NC(=O)N(CC(=O)C2CCCNC2)C1=O. The zero-order valence-corrected chi connectivity index (χ0v) is 15.2. The first-order valence-electron chi connectivity index (χ1n) is 8.96. The summed E-state index contributed by atoms with van der Waals surface area (Å²) in [5.41, 5.74) is -0.772. The number of piperidine rings is 1. The highest BCUT2D eigenvalue weighted by molar-refractivity contribution is 6.21. The van der Waals surface area contributed by atoms with Gasteiger partial charge in [-0.3, -0.25) is 24.6 Å². The van der Waals surface area contributed by atoms with Gasteiger partial charge in [0.05, 0.1) is 6.54 Å². The summed E-state index contributed by atoms with van der Waals surface area (Å²) in [7, 11) is 0. The van der Waals surface area contributed by atoms with Crippen LogP contribution < -0.4 is 10.6 Å². The molecule has 2 unspecified atom stereocenters. The van der Waals surface area contributed by atoms with Gasteiger partial charge in [-0.05, 0) is 44.7 Å². The number of Topliss-reactive ketones (excluding diaryl/α,β-unsaturated/α-hetero) is 1. The van der Waals surface area contributed by atoms with Gasteiger partial charge in [-0.1, -0.05) is 19.9 Å². The maximum atomic E-state index is 13.0. The molecule has 7 nitrogen and oxygen atoms in total. The molecule has 0 saturated carbocycles. The van der Waals surface area contributed by atoms with E-state index < -0.39 is 23.3 Å². The van der Waals surface area contributed by atoms with Crippen LogP contribution >= 0.6 is 0 Å². The predicted octanol–water partition coefficient (Wildman–Crippen LogP) is 1.39. The Hall–Kier alpha value is -2.02. The Bertz CT molecular complexity index is 607. The Morgan fingerprint density at radius 1 is 1.32 bits per heavy atom. The maximum absolute atomic E-state index is 13.0. The van der Waals surface area contributed by atoms with Crippen LogP contribution in [0.1, 0.15) is 46.5 Å². The molecule has 0 bridgehead atoms. The van der Waals surface area contributed by atoms with Crippen LogP contribution in [0.4, 0.5) is 4.79 Å². The molecular weight excluding hydrogens is 322 g/mol. The van der Waals surface area contributed by atoms with Crippen LogP contribution in [-0.2, 0) is 14.4 Å². The number of nitrogens with zero attached hydrogens (tertiary/aromatic N) is 1. The van der Waals surface area contributed by atoms with E-state index in [1.54, 1.807) is 0 Å². The average molecular weight is 349 g/mol. The molecule has 0 aromatic rings. The summed E-state index contributed by atoms with van der Waals surface area (Å²) in [4.78, 5) is 51.0. The molecule has 2 aliphatic heterocycles. The van der Waals surface area contributed by atoms with Crippen molar-refractivity contribution >= 4 is 23.6 Å². The van der Waals surface area contributed by atoms with Gasteiger partial charge >= 0.3 is 6.03 Å². The first kappa shape index (κ1) is 19.3. The molecular formula is C18H27N3O4. The number of urea groups is 1. The summed E-state index contributed by atoms with van der Waals surface area (Å²) in [6.45, 7) is 6.47. The molecule has 2 fully saturated rings. The summed E-state index contributed by atoms with van der Waals surface area (Å²) in [5.74, 6) is -1.58. The lowest BCUT2D eigenvalue weighted by atomic mass is 9.76. The first-order valence-corrected chi connectivity index (χ1v) is 8.96. The van der Waals surface area contributed by atoms with Gasteiger partial charge in [-0.15, -0.1) is 0 Å². The number of amides is 4. The molecule has 25 heavy (non-hydrogen) atoms. The molecule has 2 atom stereocenters. The highest BCUT2D eigenvalue weighted by Gasteiger charge is 2.52. The number of imide groups is 2. The smallest absolute Gasteiger partial charge is 0.316 e. The van der Waals surface area contributed by atoms with Gasteiger partial charge in [0.2, 0.25) is 5.91 Å². The van der Waals surface area contributed by atoms with Crippen LogP contribution in [0.5, 0.6) is 0 Å². The van der Waals surface area contributed by atoms with Crippen molar-refractivity contribution in [2.75, 3.05) is 19.6 Å². The lowest BCUT2D eigenvalue weighted by Crippen LogP contribution is -2.64. The van der Waals surface area contributed by atoms with E-state index in [0.717, 1.165) is 24.3 Å². The molecule has 0 aliphatic carbocycles. The largest absolute Gasteiger partial charge is 0.331 e. The van der Waals surface area contributed by atoms with Crippen molar-refractivity contribution in [2.45, 2.75) is 46.5 Å². The van der Waals surface area contributed by atoms with Crippen LogP contribution in [0.3, 0.4) is 0 Å². The van der Waals surface area contributed by atoms with Crippen molar-refractivity contribution in [3.8, 4) is 0 Å². The first-order chi connectivity index (χ1) is 11.9. The third-order valence-electron chi connectivity index (χ3n) is 5.13. The van der Waals surface area contributed by atoms with Crippen LogP contribution in [0.25, 0.3) is 0 Å². The van der Waals surface area contributed by atoms with E-state index >= 15 is 0 Å². The van der Waals surface area contributed by atoms with E-state index in [4.69, 9.17) is 0 Å². The standard InChI is InChI=1S/C18H27N3O4/c1-4-7-13(5-2)18(3)15(23)20-17(25)21(16(18)24)11-14(22)12-8-6-9-19-10-12/h7,12,19H,4-6,8-11H2,1-3H3,(H,20,23,25)/b13-7+. The fourth-order valence-corrected chi connectivity index (χ4v) is 3.54. The number of barbiturate groups is 1. The highest BCUT2D eigenvalue weighted by Crippen LogP contribution is 2.35. The Labute approximate surface area is 148 Å². The van der Waals surface area contributed by atoms with E-state index in [1.165, 1.54) is 6.92 Å². The van der Waals surface area contributed by atoms with Gasteiger partial charge in [0.25, 0.3) is 5.91 Å². The van der Waals surface area contributed by atoms with Crippen LogP contribution in [0, 0.1) is 11.3 Å². The van der Waals surface area contributed by atoms with Gasteiger partial charge in [0.1, 0.15) is 5.41 Å². The number of hydrogen-bond acceptors (Lipinski definition) is 5. The Morgan fingerprint density at radius 3 is 2.60 bits per heavy atom. The Kier molecular flexibility index (Phi) is 6.11. The van der Waals surface area contributed by atoms with Gasteiger partial charge < -0.3 is 5.32 Å². The van der Waals surface area contributed by atoms with E-state index in [0.29, 0.717) is 25.0 Å². The highest BCUT2D eigenvalue weighted by atomic mass is 16.2. The van der Waals surface area contributed by atoms with Gasteiger partial charge in [0, 0.05) is 12.5 Å². The molecule has 0 radical (unpaired) electrons. The quantitative estimate of drug-likeness (QED) is 0.558. The fourth-order valence-electron chi connectivity index (χ4n) is 3.54. The van der Waals surface area contributed by atoms with Crippen LogP contribution in [0.2, 0.25) is 0 Å². The second-order valence-corrected chi connectivity index (χ2v) is 6.78. The minimum atomic E-state index is -1.44. The summed E-state index contributed by atoms with van der Waals surface area (Å²) in [6, 6.07) is -0.809. The molecule has 4 amide bonds. The van der Waals surface area contributed by atoms with Crippen molar-refractivity contribution in [3.05, 3.63) is 11.6 Å². The number of rotatable bonds is 6. The second kappa shape index (κ2) is 7.91. The summed E-state index contributed by atoms with van der Waals surface area (Å²) < 4.78 is 0. The predicted molar refractivity (Wildman–Crippen MR) is 92.6 cm³/mol. The molecule has 2 heterocycles. The number of allylic oxidation sites excluding steroid dienone is 1. The maximum Gasteiger partial charge on any atom is 0.331 e. The lowest BCUT2D eigenvalue weighted by Gasteiger charge is -2.38. The third-order valence-corrected chi connectivity index (χ3v) is 5.13. The second-order valence-electron chi connectivity index (χ2n) is 6.78. The zero-order valence-electron chi connectivity index (χ0n) is 15.2. The molecule has 7 heteroatoms. The van der Waals surface area contributed by atoms with Crippen molar-refractivity contribution < 1.29 is 19.2 Å². The van der Waals surface area contributed by atoms with Crippen molar-refractivity contribution in [3.63, 3.8) is 0 Å². The normalized spacial score (nSPS) is 28.1. The number of carbonyl (C=O) groups is 4. The lowest BCUT2D eigenvalue weighted by molar-refractivity contribution is -0.149. The molecule has 2 aliphatic rings. The van der Waals surface area contributed by atoms with Crippen molar-refractivity contribution in [2.24, 2.45) is 11.3 Å². The monoisotopic (exact) mass is 349 g/mol. The number of ketones is 1. The summed E-state index contributed by atoms with van der Waals surface area (Å²) >= 11 is 0. The fraction of sp³-hybridized carbons (Fsp3) is 0.667. The van der Waals surface area contributed by atoms with E-state index in [-0.39, 0.29) is 18.2 Å². The van der Waals surface area contributed by atoms with Gasteiger partial charge in [-0.25, -0.2) is 4.79 Å². The average Bonchev–Trinajstić information content (AvgIpc) is 2.62. The van der Waals surface area contributed by atoms with Crippen LogP contribution in [-0.4, -0.2) is 48.2 Å². The number of hydrogen-bond donors (Lipinski definition) is 2. The number of carbonyl (C=O) groups excluding carboxylic acids is 4. The van der Waals surface area contributed by atoms with E-state index in [2.05, 4.69) is 10.6 Å². The summed E-state index contributed by atoms with van der Waals surface area (Å²) in [5, 5.41) is 5.41. The Balaban J connectivity index is 2.24. The Morgan fingerprint density at radius 2 is 2.04 bits per heavy atom. The minimum absolute atomic E-state index is 0.148. The van der Waals surface area contributed by atoms with E-state index in [1.807, 2.05) is 19.9 Å². The molecule has 138 valence electrons. The van der Waals surface area contributed by atoms with Crippen LogP contribution in [0.15, 0.2) is 11.6 Å². The van der Waals surface area contributed by atoms with Gasteiger partial charge in [0.15, 0.2) is 5.78 Å².